The molecular formula is C16H10N4O2. The molecule has 0 amide bonds. The molecule has 0 saturated carbocycles. The van der Waals surface area contributed by atoms with E-state index in [9.17, 15) is 4.79 Å². The van der Waals surface area contributed by atoms with E-state index in [1.54, 1.807) is 36.5 Å². The summed E-state index contributed by atoms with van der Waals surface area (Å²) in [5.41, 5.74) is 2.71. The van der Waals surface area contributed by atoms with Gasteiger partial charge in [-0.05, 0) is 36.4 Å². The van der Waals surface area contributed by atoms with Crippen LogP contribution in [0, 0.1) is 11.3 Å². The summed E-state index contributed by atoms with van der Waals surface area (Å²) in [7, 11) is 0. The molecule has 0 aliphatic carbocycles. The lowest BCUT2D eigenvalue weighted by Crippen LogP contribution is -2.00. The summed E-state index contributed by atoms with van der Waals surface area (Å²) in [5.74, 6) is -1.07. The molecule has 0 unspecified atom stereocenters. The Hall–Kier alpha value is -3.46. The lowest BCUT2D eigenvalue weighted by molar-refractivity contribution is 0.0690. The van der Waals surface area contributed by atoms with Crippen molar-refractivity contribution in [2.75, 3.05) is 5.32 Å². The van der Waals surface area contributed by atoms with Gasteiger partial charge >= 0.3 is 5.97 Å². The van der Waals surface area contributed by atoms with Gasteiger partial charge in [-0.25, -0.2) is 9.78 Å². The fourth-order valence-corrected chi connectivity index (χ4v) is 2.07. The molecule has 0 aliphatic heterocycles. The minimum absolute atomic E-state index is 0.0168. The lowest BCUT2D eigenvalue weighted by atomic mass is 10.1. The number of nitrogens with one attached hydrogen (secondary N) is 1. The van der Waals surface area contributed by atoms with E-state index in [0.717, 1.165) is 16.6 Å². The summed E-state index contributed by atoms with van der Waals surface area (Å²) >= 11 is 0. The summed E-state index contributed by atoms with van der Waals surface area (Å²) < 4.78 is 0. The largest absolute Gasteiger partial charge is 0.477 e. The molecule has 0 bridgehead atoms. The molecule has 0 atom stereocenters. The van der Waals surface area contributed by atoms with E-state index in [0.29, 0.717) is 11.3 Å². The Balaban J connectivity index is 1.99. The van der Waals surface area contributed by atoms with Gasteiger partial charge in [-0.1, -0.05) is 0 Å². The highest BCUT2D eigenvalue weighted by molar-refractivity contribution is 5.93. The Bertz CT molecular complexity index is 898. The van der Waals surface area contributed by atoms with Crippen LogP contribution in [0.4, 0.5) is 11.4 Å². The van der Waals surface area contributed by atoms with Crippen molar-refractivity contribution in [3.05, 3.63) is 60.0 Å². The number of nitriles is 1. The number of carbonyl (C=O) groups is 1. The maximum Gasteiger partial charge on any atom is 0.354 e. The van der Waals surface area contributed by atoms with E-state index in [4.69, 9.17) is 10.4 Å². The number of anilines is 2. The highest BCUT2D eigenvalue weighted by atomic mass is 16.4. The first-order chi connectivity index (χ1) is 10.7. The first-order valence-corrected chi connectivity index (χ1v) is 6.42. The minimum atomic E-state index is -1.07. The molecule has 6 nitrogen and oxygen atoms in total. The summed E-state index contributed by atoms with van der Waals surface area (Å²) in [6.45, 7) is 0. The van der Waals surface area contributed by atoms with Gasteiger partial charge in [0.05, 0.1) is 29.0 Å². The summed E-state index contributed by atoms with van der Waals surface area (Å²) in [4.78, 5) is 18.9. The van der Waals surface area contributed by atoms with Gasteiger partial charge in [-0.3, -0.25) is 4.98 Å². The molecule has 0 radical (unpaired) electrons. The van der Waals surface area contributed by atoms with Crippen LogP contribution < -0.4 is 5.32 Å². The Labute approximate surface area is 125 Å². The third-order valence-electron chi connectivity index (χ3n) is 3.13. The van der Waals surface area contributed by atoms with Crippen molar-refractivity contribution in [3.63, 3.8) is 0 Å². The van der Waals surface area contributed by atoms with Gasteiger partial charge in [0.15, 0.2) is 0 Å². The Morgan fingerprint density at radius 1 is 1.18 bits per heavy atom. The number of aromatic nitrogens is 2. The van der Waals surface area contributed by atoms with Crippen LogP contribution in [0.5, 0.6) is 0 Å². The third-order valence-corrected chi connectivity index (χ3v) is 3.13. The predicted octanol–water partition coefficient (Wildman–Crippen LogP) is 2.94. The van der Waals surface area contributed by atoms with Crippen LogP contribution in [0.1, 0.15) is 16.1 Å². The number of aromatic carboxylic acids is 1. The average molecular weight is 290 g/mol. The summed E-state index contributed by atoms with van der Waals surface area (Å²) in [5, 5.41) is 21.8. The number of rotatable bonds is 3. The second-order valence-corrected chi connectivity index (χ2v) is 4.56. The Morgan fingerprint density at radius 3 is 2.73 bits per heavy atom. The first-order valence-electron chi connectivity index (χ1n) is 6.42. The van der Waals surface area contributed by atoms with Crippen molar-refractivity contribution in [1.82, 2.24) is 9.97 Å². The maximum atomic E-state index is 10.8. The van der Waals surface area contributed by atoms with Crippen molar-refractivity contribution < 1.29 is 9.90 Å². The number of hydrogen-bond acceptors (Lipinski definition) is 5. The maximum absolute atomic E-state index is 10.8. The molecule has 1 aromatic carbocycles. The molecule has 0 fully saturated rings. The molecule has 2 N–H and O–H groups in total. The van der Waals surface area contributed by atoms with Crippen molar-refractivity contribution in [2.45, 2.75) is 0 Å². The van der Waals surface area contributed by atoms with E-state index in [-0.39, 0.29) is 5.69 Å². The average Bonchev–Trinajstić information content (AvgIpc) is 2.55. The topological polar surface area (TPSA) is 98.9 Å². The monoisotopic (exact) mass is 290 g/mol. The van der Waals surface area contributed by atoms with Gasteiger partial charge < -0.3 is 10.4 Å². The number of hydrogen-bond donors (Lipinski definition) is 2. The predicted molar refractivity (Wildman–Crippen MR) is 80.9 cm³/mol. The number of carboxylic acids is 1. The van der Waals surface area contributed by atoms with Gasteiger partial charge in [0.1, 0.15) is 5.69 Å². The zero-order valence-electron chi connectivity index (χ0n) is 11.3. The lowest BCUT2D eigenvalue weighted by Gasteiger charge is -2.09. The summed E-state index contributed by atoms with van der Waals surface area (Å²) in [6.07, 6.45) is 3.11. The molecule has 3 rings (SSSR count). The molecule has 106 valence electrons. The van der Waals surface area contributed by atoms with Crippen LogP contribution in [0.15, 0.2) is 48.8 Å². The highest BCUT2D eigenvalue weighted by Crippen LogP contribution is 2.25. The second kappa shape index (κ2) is 5.50. The van der Waals surface area contributed by atoms with Gasteiger partial charge in [0.25, 0.3) is 0 Å². The van der Waals surface area contributed by atoms with Crippen LogP contribution >= 0.6 is 0 Å². The smallest absolute Gasteiger partial charge is 0.354 e. The standard InChI is InChI=1S/C16H10N4O2/c17-8-10-1-3-13-12(7-10)14(5-6-18-13)20-11-2-4-15(16(21)22)19-9-11/h1-7,9H,(H,18,20)(H,21,22). The van der Waals surface area contributed by atoms with Gasteiger partial charge in [-0.15, -0.1) is 0 Å². The van der Waals surface area contributed by atoms with Gasteiger partial charge in [0, 0.05) is 17.3 Å². The quantitative estimate of drug-likeness (QED) is 0.769. The molecule has 2 heterocycles. The second-order valence-electron chi connectivity index (χ2n) is 4.56. The van der Waals surface area contributed by atoms with Crippen molar-refractivity contribution >= 4 is 28.2 Å². The number of pyridine rings is 2. The van der Waals surface area contributed by atoms with Crippen molar-refractivity contribution in [3.8, 4) is 6.07 Å². The Morgan fingerprint density at radius 2 is 2.05 bits per heavy atom. The van der Waals surface area contributed by atoms with E-state index < -0.39 is 5.97 Å². The van der Waals surface area contributed by atoms with Crippen molar-refractivity contribution in [2.24, 2.45) is 0 Å². The van der Waals surface area contributed by atoms with E-state index in [1.807, 2.05) is 0 Å². The van der Waals surface area contributed by atoms with Crippen LogP contribution in [-0.4, -0.2) is 21.0 Å². The molecule has 2 aromatic heterocycles. The molecule has 0 saturated heterocycles. The fourth-order valence-electron chi connectivity index (χ4n) is 2.07. The number of carboxylic acid groups (broad SMARTS) is 1. The molecule has 0 aliphatic rings. The van der Waals surface area contributed by atoms with E-state index >= 15 is 0 Å². The Kier molecular flexibility index (Phi) is 3.38. The van der Waals surface area contributed by atoms with Crippen LogP contribution in [0.25, 0.3) is 10.9 Å². The minimum Gasteiger partial charge on any atom is -0.477 e. The summed E-state index contributed by atoms with van der Waals surface area (Å²) in [6, 6.07) is 12.2. The SMILES string of the molecule is N#Cc1ccc2nccc(Nc3ccc(C(=O)O)nc3)c2c1. The van der Waals surface area contributed by atoms with Crippen LogP contribution in [0.3, 0.4) is 0 Å². The molecule has 6 heteroatoms. The molecular weight excluding hydrogens is 280 g/mol. The van der Waals surface area contributed by atoms with E-state index in [2.05, 4.69) is 21.4 Å². The van der Waals surface area contributed by atoms with Gasteiger partial charge in [-0.2, -0.15) is 5.26 Å². The fraction of sp³-hybridized carbons (Fsp3) is 0. The molecule has 0 spiro atoms. The highest BCUT2D eigenvalue weighted by Gasteiger charge is 2.06. The molecule has 3 aromatic rings. The number of fused-ring (bicyclic) bond motifs is 1. The van der Waals surface area contributed by atoms with Crippen LogP contribution in [0.2, 0.25) is 0 Å². The van der Waals surface area contributed by atoms with Crippen molar-refractivity contribution in [1.29, 1.82) is 5.26 Å². The van der Waals surface area contributed by atoms with Gasteiger partial charge in [0.2, 0.25) is 0 Å². The normalized spacial score (nSPS) is 10.1. The number of nitrogens with zero attached hydrogens (tertiary/aromatic N) is 3. The zero-order chi connectivity index (χ0) is 15.5. The third kappa shape index (κ3) is 2.55. The van der Waals surface area contributed by atoms with Crippen LogP contribution in [-0.2, 0) is 0 Å². The number of benzene rings is 1. The molecule has 22 heavy (non-hydrogen) atoms. The van der Waals surface area contributed by atoms with E-state index in [1.165, 1.54) is 12.3 Å². The first kappa shape index (κ1) is 13.5. The zero-order valence-corrected chi connectivity index (χ0v) is 11.3.